The van der Waals surface area contributed by atoms with Gasteiger partial charge in [0.05, 0.1) is 17.5 Å². The Morgan fingerprint density at radius 1 is 1.05 bits per heavy atom. The summed E-state index contributed by atoms with van der Waals surface area (Å²) in [5.41, 5.74) is 0.726. The topological polar surface area (TPSA) is 66.4 Å². The van der Waals surface area contributed by atoms with Gasteiger partial charge in [0.15, 0.2) is 0 Å². The summed E-state index contributed by atoms with van der Waals surface area (Å²) < 4.78 is 28.0. The van der Waals surface area contributed by atoms with Crippen molar-refractivity contribution in [2.24, 2.45) is 0 Å². The summed E-state index contributed by atoms with van der Waals surface area (Å²) in [4.78, 5) is 0.187. The molecule has 106 valence electrons. The van der Waals surface area contributed by atoms with Gasteiger partial charge in [-0.3, -0.25) is 0 Å². The minimum Gasteiger partial charge on any atom is -0.394 e. The van der Waals surface area contributed by atoms with Crippen molar-refractivity contribution < 1.29 is 13.5 Å². The molecule has 1 atom stereocenters. The van der Waals surface area contributed by atoms with Crippen LogP contribution < -0.4 is 4.72 Å². The fourth-order valence-electron chi connectivity index (χ4n) is 1.77. The zero-order valence-electron chi connectivity index (χ0n) is 10.5. The Bertz CT molecular complexity index is 657. The third kappa shape index (κ3) is 3.78. The van der Waals surface area contributed by atoms with Crippen molar-refractivity contribution in [1.29, 1.82) is 0 Å². The van der Waals surface area contributed by atoms with Crippen molar-refractivity contribution in [3.05, 3.63) is 63.7 Å². The highest BCUT2D eigenvalue weighted by Gasteiger charge is 2.20. The molecule has 0 radical (unpaired) electrons. The lowest BCUT2D eigenvalue weighted by atomic mass is 10.1. The van der Waals surface area contributed by atoms with Gasteiger partial charge >= 0.3 is 0 Å². The molecule has 2 N–H and O–H groups in total. The molecular weight excluding hydrogens is 389 g/mol. The van der Waals surface area contributed by atoms with Gasteiger partial charge < -0.3 is 5.11 Å². The van der Waals surface area contributed by atoms with Gasteiger partial charge in [0.25, 0.3) is 0 Å². The van der Waals surface area contributed by atoms with Gasteiger partial charge in [0.2, 0.25) is 10.0 Å². The molecule has 0 aromatic heterocycles. The molecule has 0 aliphatic carbocycles. The lowest BCUT2D eigenvalue weighted by Gasteiger charge is -2.16. The highest BCUT2D eigenvalue weighted by atomic mass is 127. The van der Waals surface area contributed by atoms with Crippen molar-refractivity contribution >= 4 is 32.6 Å². The van der Waals surface area contributed by atoms with E-state index in [9.17, 15) is 13.5 Å². The molecule has 2 rings (SSSR count). The minimum absolute atomic E-state index is 0.187. The molecule has 6 heteroatoms. The molecule has 0 fully saturated rings. The summed E-state index contributed by atoms with van der Waals surface area (Å²) in [5, 5.41) is 9.41. The van der Waals surface area contributed by atoms with Gasteiger partial charge in [-0.05, 0) is 52.4 Å². The molecule has 0 aliphatic heterocycles. The first-order valence-electron chi connectivity index (χ1n) is 5.96. The van der Waals surface area contributed by atoms with Crippen LogP contribution in [0.1, 0.15) is 11.6 Å². The van der Waals surface area contributed by atoms with Gasteiger partial charge in [0.1, 0.15) is 0 Å². The lowest BCUT2D eigenvalue weighted by Crippen LogP contribution is -2.30. The molecule has 20 heavy (non-hydrogen) atoms. The van der Waals surface area contributed by atoms with Crippen LogP contribution in [-0.4, -0.2) is 20.1 Å². The molecule has 0 amide bonds. The van der Waals surface area contributed by atoms with Crippen LogP contribution in [0.3, 0.4) is 0 Å². The average molecular weight is 403 g/mol. The number of hydrogen-bond donors (Lipinski definition) is 2. The molecule has 0 saturated heterocycles. The van der Waals surface area contributed by atoms with Crippen molar-refractivity contribution in [1.82, 2.24) is 4.72 Å². The Morgan fingerprint density at radius 3 is 2.20 bits per heavy atom. The van der Waals surface area contributed by atoms with E-state index in [2.05, 4.69) is 27.3 Å². The third-order valence-electron chi connectivity index (χ3n) is 2.81. The number of hydrogen-bond acceptors (Lipinski definition) is 3. The van der Waals surface area contributed by atoms with E-state index in [1.165, 1.54) is 0 Å². The van der Waals surface area contributed by atoms with E-state index < -0.39 is 16.1 Å². The summed E-state index contributed by atoms with van der Waals surface area (Å²) in [6.45, 7) is -0.298. The van der Waals surface area contributed by atoms with Gasteiger partial charge in [0, 0.05) is 3.57 Å². The van der Waals surface area contributed by atoms with E-state index in [1.54, 1.807) is 48.5 Å². The maximum absolute atomic E-state index is 12.3. The largest absolute Gasteiger partial charge is 0.394 e. The van der Waals surface area contributed by atoms with Gasteiger partial charge in [-0.25, -0.2) is 13.1 Å². The van der Waals surface area contributed by atoms with Crippen LogP contribution in [0, 0.1) is 3.57 Å². The molecule has 4 nitrogen and oxygen atoms in total. The van der Waals surface area contributed by atoms with Crippen LogP contribution >= 0.6 is 22.6 Å². The maximum atomic E-state index is 12.3. The second-order valence-electron chi connectivity index (χ2n) is 4.22. The van der Waals surface area contributed by atoms with Crippen LogP contribution in [0.25, 0.3) is 0 Å². The van der Waals surface area contributed by atoms with Crippen LogP contribution in [0.4, 0.5) is 0 Å². The number of aliphatic hydroxyl groups is 1. The molecular formula is C14H14INO3S. The lowest BCUT2D eigenvalue weighted by molar-refractivity contribution is 0.259. The average Bonchev–Trinajstić information content (AvgIpc) is 2.46. The summed E-state index contributed by atoms with van der Waals surface area (Å²) >= 11 is 2.11. The summed E-state index contributed by atoms with van der Waals surface area (Å²) in [6, 6.07) is 14.9. The first-order chi connectivity index (χ1) is 9.53. The molecule has 1 unspecified atom stereocenters. The highest BCUT2D eigenvalue weighted by molar-refractivity contribution is 14.1. The third-order valence-corrected chi connectivity index (χ3v) is 5.01. The van der Waals surface area contributed by atoms with Crippen LogP contribution in [0.15, 0.2) is 59.5 Å². The summed E-state index contributed by atoms with van der Waals surface area (Å²) in [7, 11) is -3.65. The van der Waals surface area contributed by atoms with Crippen LogP contribution in [0.5, 0.6) is 0 Å². The Balaban J connectivity index is 2.24. The fraction of sp³-hybridized carbons (Fsp3) is 0.143. The Labute approximate surface area is 132 Å². The molecule has 0 heterocycles. The van der Waals surface area contributed by atoms with E-state index in [4.69, 9.17) is 0 Å². The Hall–Kier alpha value is -0.960. The molecule has 0 spiro atoms. The Kier molecular flexibility index (Phi) is 5.14. The smallest absolute Gasteiger partial charge is 0.241 e. The fourth-order valence-corrected chi connectivity index (χ4v) is 3.34. The van der Waals surface area contributed by atoms with Crippen LogP contribution in [-0.2, 0) is 10.0 Å². The van der Waals surface area contributed by atoms with Crippen LogP contribution in [0.2, 0.25) is 0 Å². The van der Waals surface area contributed by atoms with Crippen molar-refractivity contribution in [2.45, 2.75) is 10.9 Å². The number of nitrogens with one attached hydrogen (secondary N) is 1. The molecule has 0 aliphatic rings. The SMILES string of the molecule is O=S(=O)(NC(CO)c1ccccc1)c1ccc(I)cc1. The van der Waals surface area contributed by atoms with Crippen molar-refractivity contribution in [3.63, 3.8) is 0 Å². The number of benzene rings is 2. The van der Waals surface area contributed by atoms with Crippen molar-refractivity contribution in [3.8, 4) is 0 Å². The first-order valence-corrected chi connectivity index (χ1v) is 8.53. The predicted molar refractivity (Wildman–Crippen MR) is 85.7 cm³/mol. The zero-order chi connectivity index (χ0) is 14.6. The molecule has 2 aromatic carbocycles. The maximum Gasteiger partial charge on any atom is 0.241 e. The standard InChI is InChI=1S/C14H14INO3S/c15-12-6-8-13(9-7-12)20(18,19)16-14(10-17)11-4-2-1-3-5-11/h1-9,14,16-17H,10H2. The van der Waals surface area contributed by atoms with Gasteiger partial charge in [-0.2, -0.15) is 0 Å². The summed E-state index contributed by atoms with van der Waals surface area (Å²) in [5.74, 6) is 0. The monoisotopic (exact) mass is 403 g/mol. The van der Waals surface area contributed by atoms with Gasteiger partial charge in [-0.1, -0.05) is 30.3 Å². The Morgan fingerprint density at radius 2 is 1.65 bits per heavy atom. The van der Waals surface area contributed by atoms with E-state index in [0.29, 0.717) is 0 Å². The molecule has 0 bridgehead atoms. The quantitative estimate of drug-likeness (QED) is 0.754. The van der Waals surface area contributed by atoms with Crippen molar-refractivity contribution in [2.75, 3.05) is 6.61 Å². The minimum atomic E-state index is -3.65. The summed E-state index contributed by atoms with van der Waals surface area (Å²) in [6.07, 6.45) is 0. The predicted octanol–water partition coefficient (Wildman–Crippen LogP) is 2.30. The second kappa shape index (κ2) is 6.66. The number of rotatable bonds is 5. The van der Waals surface area contributed by atoms with Gasteiger partial charge in [-0.15, -0.1) is 0 Å². The number of sulfonamides is 1. The number of aliphatic hydroxyl groups excluding tert-OH is 1. The first kappa shape index (κ1) is 15.4. The van der Waals surface area contributed by atoms with E-state index in [-0.39, 0.29) is 11.5 Å². The number of halogens is 1. The highest BCUT2D eigenvalue weighted by Crippen LogP contribution is 2.17. The van der Waals surface area contributed by atoms with E-state index >= 15 is 0 Å². The second-order valence-corrected chi connectivity index (χ2v) is 7.18. The van der Waals surface area contributed by atoms with E-state index in [1.807, 2.05) is 6.07 Å². The molecule has 2 aromatic rings. The normalized spacial score (nSPS) is 13.1. The zero-order valence-corrected chi connectivity index (χ0v) is 13.5. The molecule has 0 saturated carbocycles. The van der Waals surface area contributed by atoms with E-state index in [0.717, 1.165) is 9.13 Å².